The molecule has 1 aliphatic heterocycles. The number of hydrogen-bond donors (Lipinski definition) is 1. The van der Waals surface area contributed by atoms with Gasteiger partial charge in [0.05, 0.1) is 6.42 Å². The second-order valence-electron chi connectivity index (χ2n) is 5.52. The number of piperidine rings is 1. The van der Waals surface area contributed by atoms with Crippen molar-refractivity contribution in [3.63, 3.8) is 0 Å². The molecule has 0 spiro atoms. The van der Waals surface area contributed by atoms with Crippen molar-refractivity contribution < 1.29 is 4.79 Å². The van der Waals surface area contributed by atoms with Crippen LogP contribution in [0.3, 0.4) is 0 Å². The van der Waals surface area contributed by atoms with Gasteiger partial charge in [0.15, 0.2) is 0 Å². The lowest BCUT2D eigenvalue weighted by molar-refractivity contribution is -0.129. The van der Waals surface area contributed by atoms with Crippen molar-refractivity contribution in [2.24, 2.45) is 0 Å². The number of carbonyl (C=O) groups excluding carboxylic acids is 1. The molecule has 1 atom stereocenters. The first-order valence-corrected chi connectivity index (χ1v) is 7.18. The van der Waals surface area contributed by atoms with Gasteiger partial charge in [-0.25, -0.2) is 0 Å². The van der Waals surface area contributed by atoms with Crippen molar-refractivity contribution in [2.75, 3.05) is 20.1 Å². The maximum Gasteiger partial charge on any atom is 0.226 e. The van der Waals surface area contributed by atoms with Crippen molar-refractivity contribution in [3.05, 3.63) is 35.4 Å². The standard InChI is InChI=1S/C16H24N2O/c1-13-7-3-4-8-14(13)11-16(19)18(2)12-15-9-5-6-10-17-15/h3-4,7-8,15,17H,5-6,9-12H2,1-2H3. The summed E-state index contributed by atoms with van der Waals surface area (Å²) in [5.74, 6) is 0.210. The molecule has 2 rings (SSSR count). The summed E-state index contributed by atoms with van der Waals surface area (Å²) in [4.78, 5) is 14.1. The van der Waals surface area contributed by atoms with Gasteiger partial charge in [-0.2, -0.15) is 0 Å². The molecular weight excluding hydrogens is 236 g/mol. The van der Waals surface area contributed by atoms with E-state index in [2.05, 4.69) is 18.3 Å². The summed E-state index contributed by atoms with van der Waals surface area (Å²) >= 11 is 0. The number of amides is 1. The number of rotatable bonds is 4. The molecule has 0 aliphatic carbocycles. The van der Waals surface area contributed by atoms with Gasteiger partial charge in [0.1, 0.15) is 0 Å². The highest BCUT2D eigenvalue weighted by molar-refractivity contribution is 5.78. The molecule has 1 aromatic rings. The number of likely N-dealkylation sites (N-methyl/N-ethyl adjacent to an activating group) is 1. The van der Waals surface area contributed by atoms with Gasteiger partial charge in [0, 0.05) is 19.6 Å². The normalized spacial score (nSPS) is 19.2. The van der Waals surface area contributed by atoms with E-state index in [9.17, 15) is 4.79 Å². The molecule has 1 N–H and O–H groups in total. The smallest absolute Gasteiger partial charge is 0.226 e. The maximum absolute atomic E-state index is 12.2. The van der Waals surface area contributed by atoms with Crippen molar-refractivity contribution in [2.45, 2.75) is 38.6 Å². The summed E-state index contributed by atoms with van der Waals surface area (Å²) in [7, 11) is 1.91. The van der Waals surface area contributed by atoms with Crippen LogP contribution in [-0.4, -0.2) is 37.0 Å². The third kappa shape index (κ3) is 4.06. The molecule has 1 aromatic carbocycles. The largest absolute Gasteiger partial charge is 0.344 e. The Balaban J connectivity index is 1.87. The Hall–Kier alpha value is -1.35. The summed E-state index contributed by atoms with van der Waals surface area (Å²) in [6.07, 6.45) is 4.23. The topological polar surface area (TPSA) is 32.3 Å². The average molecular weight is 260 g/mol. The minimum Gasteiger partial charge on any atom is -0.344 e. The molecule has 3 heteroatoms. The summed E-state index contributed by atoms with van der Waals surface area (Å²) in [5.41, 5.74) is 2.33. The van der Waals surface area contributed by atoms with Crippen LogP contribution in [0.25, 0.3) is 0 Å². The average Bonchev–Trinajstić information content (AvgIpc) is 2.42. The molecule has 1 saturated heterocycles. The molecule has 19 heavy (non-hydrogen) atoms. The third-order valence-corrected chi connectivity index (χ3v) is 3.94. The molecule has 0 saturated carbocycles. The van der Waals surface area contributed by atoms with Gasteiger partial charge in [-0.15, -0.1) is 0 Å². The van der Waals surface area contributed by atoms with Crippen LogP contribution in [0.15, 0.2) is 24.3 Å². The number of aryl methyl sites for hydroxylation is 1. The van der Waals surface area contributed by atoms with Gasteiger partial charge >= 0.3 is 0 Å². The number of nitrogens with one attached hydrogen (secondary N) is 1. The minimum absolute atomic E-state index is 0.210. The lowest BCUT2D eigenvalue weighted by Crippen LogP contribution is -2.44. The molecule has 0 aromatic heterocycles. The second-order valence-corrected chi connectivity index (χ2v) is 5.52. The fraction of sp³-hybridized carbons (Fsp3) is 0.562. The molecule has 1 fully saturated rings. The Morgan fingerprint density at radius 2 is 2.16 bits per heavy atom. The zero-order valence-electron chi connectivity index (χ0n) is 12.0. The molecule has 0 radical (unpaired) electrons. The molecular formula is C16H24N2O. The first kappa shape index (κ1) is 14.1. The summed E-state index contributed by atoms with van der Waals surface area (Å²) in [6.45, 7) is 3.97. The van der Waals surface area contributed by atoms with Crippen molar-refractivity contribution >= 4 is 5.91 Å². The van der Waals surface area contributed by atoms with Crippen LogP contribution in [0.4, 0.5) is 0 Å². The highest BCUT2D eigenvalue weighted by atomic mass is 16.2. The zero-order chi connectivity index (χ0) is 13.7. The van der Waals surface area contributed by atoms with E-state index in [1.165, 1.54) is 24.8 Å². The van der Waals surface area contributed by atoms with Crippen molar-refractivity contribution in [3.8, 4) is 0 Å². The van der Waals surface area contributed by atoms with Crippen LogP contribution in [0, 0.1) is 6.92 Å². The molecule has 1 aliphatic rings. The van der Waals surface area contributed by atoms with E-state index < -0.39 is 0 Å². The van der Waals surface area contributed by atoms with Crippen molar-refractivity contribution in [1.82, 2.24) is 10.2 Å². The molecule has 1 heterocycles. The van der Waals surface area contributed by atoms with E-state index in [-0.39, 0.29) is 5.91 Å². The van der Waals surface area contributed by atoms with E-state index in [4.69, 9.17) is 0 Å². The first-order valence-electron chi connectivity index (χ1n) is 7.18. The fourth-order valence-corrected chi connectivity index (χ4v) is 2.62. The quantitative estimate of drug-likeness (QED) is 0.899. The van der Waals surface area contributed by atoms with Gasteiger partial charge in [-0.1, -0.05) is 30.7 Å². The van der Waals surface area contributed by atoms with E-state index in [1.54, 1.807) is 0 Å². The van der Waals surface area contributed by atoms with Gasteiger partial charge in [-0.3, -0.25) is 4.79 Å². The molecule has 3 nitrogen and oxygen atoms in total. The van der Waals surface area contributed by atoms with Crippen LogP contribution in [0.2, 0.25) is 0 Å². The second kappa shape index (κ2) is 6.71. The summed E-state index contributed by atoms with van der Waals surface area (Å²) in [6, 6.07) is 8.59. The van der Waals surface area contributed by atoms with Crippen LogP contribution < -0.4 is 5.32 Å². The van der Waals surface area contributed by atoms with E-state index in [0.29, 0.717) is 12.5 Å². The highest BCUT2D eigenvalue weighted by Crippen LogP contribution is 2.11. The SMILES string of the molecule is Cc1ccccc1CC(=O)N(C)CC1CCCCN1. The van der Waals surface area contributed by atoms with Gasteiger partial charge < -0.3 is 10.2 Å². The Labute approximate surface area is 116 Å². The van der Waals surface area contributed by atoms with Crippen LogP contribution in [0.1, 0.15) is 30.4 Å². The van der Waals surface area contributed by atoms with E-state index >= 15 is 0 Å². The van der Waals surface area contributed by atoms with Gasteiger partial charge in [0.2, 0.25) is 5.91 Å². The fourth-order valence-electron chi connectivity index (χ4n) is 2.62. The van der Waals surface area contributed by atoms with Crippen LogP contribution >= 0.6 is 0 Å². The number of hydrogen-bond acceptors (Lipinski definition) is 2. The first-order chi connectivity index (χ1) is 9.16. The maximum atomic E-state index is 12.2. The Morgan fingerprint density at radius 1 is 1.37 bits per heavy atom. The molecule has 104 valence electrons. The lowest BCUT2D eigenvalue weighted by Gasteiger charge is -2.28. The van der Waals surface area contributed by atoms with E-state index in [0.717, 1.165) is 18.7 Å². The number of benzene rings is 1. The number of nitrogens with zero attached hydrogens (tertiary/aromatic N) is 1. The summed E-state index contributed by atoms with van der Waals surface area (Å²) in [5, 5.41) is 3.49. The predicted molar refractivity (Wildman–Crippen MR) is 78.2 cm³/mol. The molecule has 1 amide bonds. The Bertz CT molecular complexity index is 425. The highest BCUT2D eigenvalue weighted by Gasteiger charge is 2.18. The Kier molecular flexibility index (Phi) is 4.97. The van der Waals surface area contributed by atoms with Gasteiger partial charge in [0.25, 0.3) is 0 Å². The molecule has 0 bridgehead atoms. The molecule has 1 unspecified atom stereocenters. The van der Waals surface area contributed by atoms with Gasteiger partial charge in [-0.05, 0) is 37.4 Å². The van der Waals surface area contributed by atoms with E-state index in [1.807, 2.05) is 30.1 Å². The minimum atomic E-state index is 0.210. The van der Waals surface area contributed by atoms with Crippen LogP contribution in [0.5, 0.6) is 0 Å². The lowest BCUT2D eigenvalue weighted by atomic mass is 10.0. The monoisotopic (exact) mass is 260 g/mol. The van der Waals surface area contributed by atoms with Crippen LogP contribution in [-0.2, 0) is 11.2 Å². The Morgan fingerprint density at radius 3 is 2.84 bits per heavy atom. The zero-order valence-corrected chi connectivity index (χ0v) is 12.0. The third-order valence-electron chi connectivity index (χ3n) is 3.94. The predicted octanol–water partition coefficient (Wildman–Crippen LogP) is 2.14. The summed E-state index contributed by atoms with van der Waals surface area (Å²) < 4.78 is 0. The van der Waals surface area contributed by atoms with Crippen molar-refractivity contribution in [1.29, 1.82) is 0 Å². The number of carbonyl (C=O) groups is 1.